The monoisotopic (exact) mass is 853 g/mol. The van der Waals surface area contributed by atoms with Crippen LogP contribution in [0.4, 0.5) is 17.1 Å². The molecule has 4 heterocycles. The van der Waals surface area contributed by atoms with Crippen molar-refractivity contribution >= 4 is 71.6 Å². The Hall–Kier alpha value is -8.86. The highest BCUT2D eigenvalue weighted by molar-refractivity contribution is 6.13. The van der Waals surface area contributed by atoms with Gasteiger partial charge in [0, 0.05) is 44.0 Å². The summed E-state index contributed by atoms with van der Waals surface area (Å²) in [7, 11) is 0. The van der Waals surface area contributed by atoms with Crippen molar-refractivity contribution in [2.75, 3.05) is 4.90 Å². The molecule has 0 saturated heterocycles. The Morgan fingerprint density at radius 3 is 1.94 bits per heavy atom. The third-order valence-electron chi connectivity index (χ3n) is 14.8. The molecule has 0 fully saturated rings. The molecule has 67 heavy (non-hydrogen) atoms. The van der Waals surface area contributed by atoms with Crippen molar-refractivity contribution in [1.82, 2.24) is 9.13 Å². The molecule has 13 aromatic rings. The molecule has 1 aliphatic carbocycles. The first-order valence-electron chi connectivity index (χ1n) is 23.1. The number of furan rings is 1. The lowest BCUT2D eigenvalue weighted by Crippen LogP contribution is -2.33. The Morgan fingerprint density at radius 1 is 0.388 bits per heavy atom. The molecule has 2 aliphatic rings. The number of hydrogen-bond acceptors (Lipinski definition) is 2. The van der Waals surface area contributed by atoms with Gasteiger partial charge in [0.2, 0.25) is 0 Å². The lowest BCUT2D eigenvalue weighted by Gasteiger charge is -2.40. The maximum Gasteiger partial charge on any atom is 0.157 e. The Morgan fingerprint density at radius 2 is 1.04 bits per heavy atom. The van der Waals surface area contributed by atoms with E-state index in [4.69, 9.17) is 4.42 Å². The van der Waals surface area contributed by atoms with E-state index in [2.05, 4.69) is 245 Å². The summed E-state index contributed by atoms with van der Waals surface area (Å²) in [5, 5.41) is 6.06. The van der Waals surface area contributed by atoms with Gasteiger partial charge in [-0.3, -0.25) is 0 Å². The fourth-order valence-corrected chi connectivity index (χ4v) is 12.1. The van der Waals surface area contributed by atoms with Gasteiger partial charge < -0.3 is 18.5 Å². The smallest absolute Gasteiger partial charge is 0.157 e. The van der Waals surface area contributed by atoms with Gasteiger partial charge >= 0.3 is 0 Å². The molecule has 0 saturated carbocycles. The van der Waals surface area contributed by atoms with Gasteiger partial charge in [0.15, 0.2) is 5.58 Å². The van der Waals surface area contributed by atoms with Gasteiger partial charge in [0.1, 0.15) is 0 Å². The highest BCUT2D eigenvalue weighted by atomic mass is 16.3. The third kappa shape index (κ3) is 4.86. The van der Waals surface area contributed by atoms with Gasteiger partial charge in [-0.2, -0.15) is 0 Å². The average Bonchev–Trinajstić information content (AvgIpc) is 4.16. The summed E-state index contributed by atoms with van der Waals surface area (Å²) in [4.78, 5) is 2.40. The van der Waals surface area contributed by atoms with E-state index in [0.29, 0.717) is 0 Å². The highest BCUT2D eigenvalue weighted by Crippen LogP contribution is 2.62. The molecule has 1 spiro atoms. The number of anilines is 3. The molecule has 1 unspecified atom stereocenters. The highest BCUT2D eigenvalue weighted by Gasteiger charge is 2.51. The molecule has 0 radical (unpaired) electrons. The summed E-state index contributed by atoms with van der Waals surface area (Å²) in [6.45, 7) is 0. The number of fused-ring (bicyclic) bond motifs is 16. The van der Waals surface area contributed by atoms with Crippen LogP contribution in [0.25, 0.3) is 88.2 Å². The van der Waals surface area contributed by atoms with Crippen LogP contribution >= 0.6 is 0 Å². The molecule has 15 rings (SSSR count). The van der Waals surface area contributed by atoms with Crippen molar-refractivity contribution in [3.8, 4) is 33.6 Å². The van der Waals surface area contributed by atoms with Crippen molar-refractivity contribution in [3.05, 3.63) is 259 Å². The molecule has 3 aromatic heterocycles. The number of nitrogens with zero attached hydrogens (tertiary/aromatic N) is 3. The van der Waals surface area contributed by atoms with E-state index in [-0.39, 0.29) is 0 Å². The van der Waals surface area contributed by atoms with E-state index >= 15 is 0 Å². The summed E-state index contributed by atoms with van der Waals surface area (Å²) < 4.78 is 11.3. The molecule has 4 heteroatoms. The molecule has 1 atom stereocenters. The van der Waals surface area contributed by atoms with Crippen LogP contribution in [-0.4, -0.2) is 9.13 Å². The van der Waals surface area contributed by atoms with Crippen LogP contribution in [0.1, 0.15) is 22.3 Å². The van der Waals surface area contributed by atoms with Gasteiger partial charge in [0.05, 0.1) is 45.1 Å². The number of aromatic nitrogens is 2. The molecule has 10 aromatic carbocycles. The Bertz CT molecular complexity index is 4190. The minimum Gasteiger partial charge on any atom is -0.462 e. The molecular weight excluding hydrogens is 815 g/mol. The zero-order valence-corrected chi connectivity index (χ0v) is 36.3. The second kappa shape index (κ2) is 13.6. The van der Waals surface area contributed by atoms with Crippen LogP contribution in [0.5, 0.6) is 0 Å². The first-order chi connectivity index (χ1) is 33.3. The fourth-order valence-electron chi connectivity index (χ4n) is 12.1. The van der Waals surface area contributed by atoms with Gasteiger partial charge in [-0.1, -0.05) is 152 Å². The number of hydrogen-bond donors (Lipinski definition) is 0. The maximum absolute atomic E-state index is 6.38. The van der Waals surface area contributed by atoms with Crippen molar-refractivity contribution in [2.45, 2.75) is 5.41 Å². The lowest BCUT2D eigenvalue weighted by atomic mass is 9.65. The summed E-state index contributed by atoms with van der Waals surface area (Å²) in [5.74, 6) is 0. The van der Waals surface area contributed by atoms with Gasteiger partial charge in [-0.15, -0.1) is 0 Å². The predicted molar refractivity (Wildman–Crippen MR) is 276 cm³/mol. The van der Waals surface area contributed by atoms with Crippen LogP contribution < -0.4 is 4.90 Å². The van der Waals surface area contributed by atoms with E-state index in [1.165, 1.54) is 82.7 Å². The largest absolute Gasteiger partial charge is 0.462 e. The van der Waals surface area contributed by atoms with Crippen LogP contribution in [-0.2, 0) is 5.41 Å². The standard InChI is InChI=1S/C63H39N3O/c1-2-17-43(18-3-1)65-56-27-9-6-22-49(56)51-38-42(31-34-58(51)65)41-16-12-19-44(37-41)64(60-30-13-15-40-35-36-67-62(40)60)45-32-33-47-46-20-4-7-24-52(46)63(55(47)39-45)53-25-8-11-29-59(53)66-57-28-10-5-21-48(57)50-23-14-26-54(63)61(50)66/h1-39H. The summed E-state index contributed by atoms with van der Waals surface area (Å²) in [6, 6.07) is 85.0. The van der Waals surface area contributed by atoms with E-state index < -0.39 is 5.41 Å². The number of para-hydroxylation sites is 6. The Balaban J connectivity index is 0.970. The van der Waals surface area contributed by atoms with Crippen molar-refractivity contribution in [3.63, 3.8) is 0 Å². The fraction of sp³-hybridized carbons (Fsp3) is 0.0159. The predicted octanol–water partition coefficient (Wildman–Crippen LogP) is 16.4. The van der Waals surface area contributed by atoms with E-state index in [0.717, 1.165) is 44.8 Å². The van der Waals surface area contributed by atoms with E-state index in [1.807, 2.05) is 0 Å². The third-order valence-corrected chi connectivity index (χ3v) is 14.8. The van der Waals surface area contributed by atoms with E-state index in [9.17, 15) is 0 Å². The average molecular weight is 854 g/mol. The molecule has 1 aliphatic heterocycles. The SMILES string of the molecule is c1ccc(-n2c3ccccc3c3cc(-c4cccc(N(c5ccc6c(c5)C5(c7ccccc7-6)c6ccccc6-n6c7ccccc7c7cccc5c76)c5cccc6ccoc56)c4)ccc32)cc1. The first-order valence-corrected chi connectivity index (χ1v) is 23.1. The van der Waals surface area contributed by atoms with Crippen LogP contribution in [0.2, 0.25) is 0 Å². The number of rotatable bonds is 5. The van der Waals surface area contributed by atoms with E-state index in [1.54, 1.807) is 6.26 Å². The van der Waals surface area contributed by atoms with Crippen LogP contribution in [0.15, 0.2) is 241 Å². The summed E-state index contributed by atoms with van der Waals surface area (Å²) in [6.07, 6.45) is 1.80. The summed E-state index contributed by atoms with van der Waals surface area (Å²) >= 11 is 0. The minimum atomic E-state index is -0.582. The zero-order chi connectivity index (χ0) is 43.8. The van der Waals surface area contributed by atoms with Gasteiger partial charge in [-0.25, -0.2) is 0 Å². The maximum atomic E-state index is 6.38. The second-order valence-corrected chi connectivity index (χ2v) is 18.0. The minimum absolute atomic E-state index is 0.582. The molecule has 0 amide bonds. The van der Waals surface area contributed by atoms with Crippen molar-refractivity contribution < 1.29 is 4.42 Å². The quantitative estimate of drug-likeness (QED) is 0.172. The lowest BCUT2D eigenvalue weighted by molar-refractivity contribution is 0.616. The first kappa shape index (κ1) is 36.5. The van der Waals surface area contributed by atoms with Crippen LogP contribution in [0.3, 0.4) is 0 Å². The molecular formula is C63H39N3O. The number of benzene rings is 10. The zero-order valence-electron chi connectivity index (χ0n) is 36.3. The van der Waals surface area contributed by atoms with Crippen molar-refractivity contribution in [1.29, 1.82) is 0 Å². The molecule has 4 nitrogen and oxygen atoms in total. The Kier molecular flexibility index (Phi) is 7.40. The van der Waals surface area contributed by atoms with Crippen molar-refractivity contribution in [2.24, 2.45) is 0 Å². The van der Waals surface area contributed by atoms with Gasteiger partial charge in [-0.05, 0) is 123 Å². The molecule has 312 valence electrons. The normalized spacial score (nSPS) is 14.6. The Labute approximate surface area is 386 Å². The summed E-state index contributed by atoms with van der Waals surface area (Å²) in [5.41, 5.74) is 20.6. The topological polar surface area (TPSA) is 26.2 Å². The van der Waals surface area contributed by atoms with Gasteiger partial charge in [0.25, 0.3) is 0 Å². The molecule has 0 N–H and O–H groups in total. The van der Waals surface area contributed by atoms with Crippen LogP contribution in [0, 0.1) is 0 Å². The second-order valence-electron chi connectivity index (χ2n) is 18.0. The molecule has 0 bridgehead atoms.